The van der Waals surface area contributed by atoms with E-state index in [4.69, 9.17) is 4.74 Å². The first-order valence-corrected chi connectivity index (χ1v) is 8.16. The molecule has 1 heterocycles. The zero-order chi connectivity index (χ0) is 15.4. The van der Waals surface area contributed by atoms with E-state index in [1.54, 1.807) is 0 Å². The lowest BCUT2D eigenvalue weighted by Crippen LogP contribution is -2.18. The first-order valence-electron chi connectivity index (χ1n) is 7.17. The molecule has 0 spiro atoms. The molecule has 1 aliphatic heterocycles. The minimum absolute atomic E-state index is 0.118. The molecular formula is C18H17NO2S. The SMILES string of the molecule is Cc1ccc(NC(=O)C2=C(c3ccccc3)OCCS2)cc1. The summed E-state index contributed by atoms with van der Waals surface area (Å²) in [7, 11) is 0. The number of carbonyl (C=O) groups is 1. The third-order valence-electron chi connectivity index (χ3n) is 3.33. The molecule has 0 fully saturated rings. The first-order chi connectivity index (χ1) is 10.7. The summed E-state index contributed by atoms with van der Waals surface area (Å²) in [6, 6.07) is 17.5. The summed E-state index contributed by atoms with van der Waals surface area (Å²) in [6.07, 6.45) is 0. The van der Waals surface area contributed by atoms with Crippen LogP contribution < -0.4 is 5.32 Å². The van der Waals surface area contributed by atoms with Gasteiger partial charge in [0.05, 0.1) is 6.61 Å². The van der Waals surface area contributed by atoms with Gasteiger partial charge in [0.2, 0.25) is 0 Å². The number of amides is 1. The first kappa shape index (κ1) is 14.7. The van der Waals surface area contributed by atoms with Gasteiger partial charge in [-0.3, -0.25) is 4.79 Å². The van der Waals surface area contributed by atoms with Gasteiger partial charge in [-0.2, -0.15) is 0 Å². The van der Waals surface area contributed by atoms with Crippen LogP contribution in [0, 0.1) is 6.92 Å². The summed E-state index contributed by atoms with van der Waals surface area (Å²) in [5.41, 5.74) is 2.89. The summed E-state index contributed by atoms with van der Waals surface area (Å²) >= 11 is 1.54. The fraction of sp³-hybridized carbons (Fsp3) is 0.167. The van der Waals surface area contributed by atoms with Crippen molar-refractivity contribution >= 4 is 29.1 Å². The van der Waals surface area contributed by atoms with Crippen molar-refractivity contribution in [2.45, 2.75) is 6.92 Å². The van der Waals surface area contributed by atoms with Gasteiger partial charge in [-0.15, -0.1) is 11.8 Å². The number of ether oxygens (including phenoxy) is 1. The lowest BCUT2D eigenvalue weighted by atomic mass is 10.1. The van der Waals surface area contributed by atoms with Crippen LogP contribution >= 0.6 is 11.8 Å². The molecule has 2 aromatic rings. The van der Waals surface area contributed by atoms with E-state index in [9.17, 15) is 4.79 Å². The Morgan fingerprint density at radius 3 is 2.55 bits per heavy atom. The zero-order valence-electron chi connectivity index (χ0n) is 12.3. The molecule has 3 rings (SSSR count). The normalized spacial score (nSPS) is 14.4. The average Bonchev–Trinajstić information content (AvgIpc) is 2.58. The number of thioether (sulfide) groups is 1. The van der Waals surface area contributed by atoms with Crippen LogP contribution in [-0.4, -0.2) is 18.3 Å². The quantitative estimate of drug-likeness (QED) is 0.929. The standard InChI is InChI=1S/C18H17NO2S/c1-13-7-9-15(10-8-13)19-18(20)17-16(21-11-12-22-17)14-5-3-2-4-6-14/h2-10H,11-12H2,1H3,(H,19,20). The minimum atomic E-state index is -0.118. The Hall–Kier alpha value is -2.20. The topological polar surface area (TPSA) is 38.3 Å². The van der Waals surface area contributed by atoms with Crippen LogP contribution in [0.25, 0.3) is 5.76 Å². The largest absolute Gasteiger partial charge is 0.491 e. The van der Waals surface area contributed by atoms with Gasteiger partial charge in [0.15, 0.2) is 0 Å². The second-order valence-electron chi connectivity index (χ2n) is 5.04. The van der Waals surface area contributed by atoms with Gasteiger partial charge in [-0.25, -0.2) is 0 Å². The molecule has 0 bridgehead atoms. The molecule has 0 aliphatic carbocycles. The van der Waals surface area contributed by atoms with Crippen molar-refractivity contribution in [1.82, 2.24) is 0 Å². The van der Waals surface area contributed by atoms with E-state index in [-0.39, 0.29) is 5.91 Å². The number of rotatable bonds is 3. The number of hydrogen-bond acceptors (Lipinski definition) is 3. The van der Waals surface area contributed by atoms with Gasteiger partial charge in [0.1, 0.15) is 10.7 Å². The Balaban J connectivity index is 1.87. The van der Waals surface area contributed by atoms with E-state index in [0.29, 0.717) is 17.3 Å². The number of anilines is 1. The zero-order valence-corrected chi connectivity index (χ0v) is 13.2. The highest BCUT2D eigenvalue weighted by atomic mass is 32.2. The third-order valence-corrected chi connectivity index (χ3v) is 4.36. The number of aryl methyl sites for hydroxylation is 1. The Bertz CT molecular complexity index is 693. The number of hydrogen-bond donors (Lipinski definition) is 1. The molecule has 2 aromatic carbocycles. The minimum Gasteiger partial charge on any atom is -0.491 e. The van der Waals surface area contributed by atoms with Crippen LogP contribution in [-0.2, 0) is 9.53 Å². The molecule has 0 unspecified atom stereocenters. The van der Waals surface area contributed by atoms with Crippen LogP contribution in [0.15, 0.2) is 59.5 Å². The van der Waals surface area contributed by atoms with E-state index in [1.807, 2.05) is 61.5 Å². The molecule has 1 aliphatic rings. The smallest absolute Gasteiger partial charge is 0.265 e. The lowest BCUT2D eigenvalue weighted by Gasteiger charge is -2.20. The number of nitrogens with one attached hydrogen (secondary N) is 1. The molecule has 3 nitrogen and oxygen atoms in total. The van der Waals surface area contributed by atoms with Crippen LogP contribution in [0.5, 0.6) is 0 Å². The van der Waals surface area contributed by atoms with Crippen LogP contribution in [0.1, 0.15) is 11.1 Å². The molecule has 0 saturated heterocycles. The molecule has 0 aromatic heterocycles. The van der Waals surface area contributed by atoms with Crippen molar-refractivity contribution in [2.24, 2.45) is 0 Å². The van der Waals surface area contributed by atoms with Crippen molar-refractivity contribution in [1.29, 1.82) is 0 Å². The van der Waals surface area contributed by atoms with Crippen molar-refractivity contribution in [2.75, 3.05) is 17.7 Å². The van der Waals surface area contributed by atoms with Gasteiger partial charge in [-0.05, 0) is 19.1 Å². The number of benzene rings is 2. The van der Waals surface area contributed by atoms with E-state index < -0.39 is 0 Å². The van der Waals surface area contributed by atoms with Gasteiger partial charge < -0.3 is 10.1 Å². The average molecular weight is 311 g/mol. The molecule has 0 radical (unpaired) electrons. The lowest BCUT2D eigenvalue weighted by molar-refractivity contribution is -0.112. The summed E-state index contributed by atoms with van der Waals surface area (Å²) in [6.45, 7) is 2.64. The van der Waals surface area contributed by atoms with Gasteiger partial charge in [-0.1, -0.05) is 48.0 Å². The maximum atomic E-state index is 12.6. The monoisotopic (exact) mass is 311 g/mol. The second-order valence-corrected chi connectivity index (χ2v) is 6.15. The predicted molar refractivity (Wildman–Crippen MR) is 91.6 cm³/mol. The van der Waals surface area contributed by atoms with E-state index in [0.717, 1.165) is 22.6 Å². The van der Waals surface area contributed by atoms with Crippen molar-refractivity contribution in [3.63, 3.8) is 0 Å². The molecule has 1 N–H and O–H groups in total. The molecule has 112 valence electrons. The Labute approximate surface area is 134 Å². The van der Waals surface area contributed by atoms with E-state index in [1.165, 1.54) is 11.8 Å². The Kier molecular flexibility index (Phi) is 4.49. The highest BCUT2D eigenvalue weighted by Crippen LogP contribution is 2.33. The molecular weight excluding hydrogens is 294 g/mol. The predicted octanol–water partition coefficient (Wildman–Crippen LogP) is 4.07. The van der Waals surface area contributed by atoms with Crippen molar-refractivity contribution < 1.29 is 9.53 Å². The highest BCUT2D eigenvalue weighted by Gasteiger charge is 2.22. The maximum Gasteiger partial charge on any atom is 0.265 e. The summed E-state index contributed by atoms with van der Waals surface area (Å²) in [5.74, 6) is 1.33. The highest BCUT2D eigenvalue weighted by molar-refractivity contribution is 8.04. The van der Waals surface area contributed by atoms with Gasteiger partial charge in [0, 0.05) is 17.0 Å². The Morgan fingerprint density at radius 2 is 1.82 bits per heavy atom. The Morgan fingerprint density at radius 1 is 1.09 bits per heavy atom. The fourth-order valence-corrected chi connectivity index (χ4v) is 3.08. The summed E-state index contributed by atoms with van der Waals surface area (Å²) in [5, 5.41) is 2.94. The molecule has 4 heteroatoms. The molecule has 22 heavy (non-hydrogen) atoms. The van der Waals surface area contributed by atoms with Gasteiger partial charge >= 0.3 is 0 Å². The molecule has 0 saturated carbocycles. The third kappa shape index (κ3) is 3.34. The van der Waals surface area contributed by atoms with E-state index >= 15 is 0 Å². The second kappa shape index (κ2) is 6.71. The van der Waals surface area contributed by atoms with E-state index in [2.05, 4.69) is 5.32 Å². The van der Waals surface area contributed by atoms with Crippen molar-refractivity contribution in [3.8, 4) is 0 Å². The van der Waals surface area contributed by atoms with Gasteiger partial charge in [0.25, 0.3) is 5.91 Å². The molecule has 0 atom stereocenters. The van der Waals surface area contributed by atoms with Crippen LogP contribution in [0.2, 0.25) is 0 Å². The van der Waals surface area contributed by atoms with Crippen LogP contribution in [0.4, 0.5) is 5.69 Å². The molecule has 1 amide bonds. The number of carbonyl (C=O) groups excluding carboxylic acids is 1. The van der Waals surface area contributed by atoms with Crippen molar-refractivity contribution in [3.05, 3.63) is 70.6 Å². The summed E-state index contributed by atoms with van der Waals surface area (Å²) < 4.78 is 5.75. The summed E-state index contributed by atoms with van der Waals surface area (Å²) in [4.78, 5) is 13.2. The fourth-order valence-electron chi connectivity index (χ4n) is 2.22. The maximum absolute atomic E-state index is 12.6. The van der Waals surface area contributed by atoms with Crippen LogP contribution in [0.3, 0.4) is 0 Å².